The summed E-state index contributed by atoms with van der Waals surface area (Å²) >= 11 is 0. The van der Waals surface area contributed by atoms with Gasteiger partial charge in [0.1, 0.15) is 11.5 Å². The van der Waals surface area contributed by atoms with Crippen molar-refractivity contribution in [3.63, 3.8) is 0 Å². The van der Waals surface area contributed by atoms with Crippen LogP contribution in [-0.4, -0.2) is 5.90 Å². The third kappa shape index (κ3) is 5.08. The third-order valence-corrected chi connectivity index (χ3v) is 3.85. The molecule has 0 aliphatic rings. The van der Waals surface area contributed by atoms with Crippen LogP contribution in [0, 0.1) is 13.8 Å². The summed E-state index contributed by atoms with van der Waals surface area (Å²) in [6.07, 6.45) is 3.30. The molecule has 0 aliphatic heterocycles. The molecule has 3 nitrogen and oxygen atoms in total. The normalized spacial score (nSPS) is 11.5. The van der Waals surface area contributed by atoms with E-state index in [4.69, 9.17) is 9.47 Å². The van der Waals surface area contributed by atoms with E-state index in [0.717, 1.165) is 17.2 Å². The highest BCUT2D eigenvalue weighted by Gasteiger charge is 2.02. The van der Waals surface area contributed by atoms with Crippen LogP contribution in [0.15, 0.2) is 96.2 Å². The van der Waals surface area contributed by atoms with Gasteiger partial charge in [-0.25, -0.2) is 4.99 Å². The van der Waals surface area contributed by atoms with E-state index in [1.165, 1.54) is 11.1 Å². The van der Waals surface area contributed by atoms with Gasteiger partial charge in [-0.3, -0.25) is 0 Å². The highest BCUT2D eigenvalue weighted by Crippen LogP contribution is 2.19. The number of aliphatic imine (C=N–C) groups is 1. The number of nitrogens with zero attached hydrogens (tertiary/aromatic N) is 1. The smallest absolute Gasteiger partial charge is 0.222 e. The van der Waals surface area contributed by atoms with Crippen molar-refractivity contribution >= 4 is 11.6 Å². The van der Waals surface area contributed by atoms with Crippen molar-refractivity contribution in [1.82, 2.24) is 0 Å². The minimum absolute atomic E-state index is 0.454. The summed E-state index contributed by atoms with van der Waals surface area (Å²) in [7, 11) is 0. The Balaban J connectivity index is 1.83. The molecule has 0 atom stereocenters. The van der Waals surface area contributed by atoms with Crippen LogP contribution in [0.3, 0.4) is 0 Å². The van der Waals surface area contributed by atoms with Gasteiger partial charge in [-0.05, 0) is 61.4 Å². The van der Waals surface area contributed by atoms with Crippen LogP contribution in [0.5, 0.6) is 11.5 Å². The van der Waals surface area contributed by atoms with Gasteiger partial charge in [0, 0.05) is 6.08 Å². The van der Waals surface area contributed by atoms with Crippen molar-refractivity contribution in [2.24, 2.45) is 4.99 Å². The summed E-state index contributed by atoms with van der Waals surface area (Å²) in [4.78, 5) is 4.61. The summed E-state index contributed by atoms with van der Waals surface area (Å²) in [5.41, 5.74) is 3.26. The van der Waals surface area contributed by atoms with E-state index < -0.39 is 0 Å². The summed E-state index contributed by atoms with van der Waals surface area (Å²) in [5.74, 6) is 1.93. The molecule has 3 aromatic rings. The monoisotopic (exact) mass is 343 g/mol. The fraction of sp³-hybridized carbons (Fsp3) is 0.0870. The van der Waals surface area contributed by atoms with Crippen molar-refractivity contribution in [3.05, 3.63) is 102 Å². The average Bonchev–Trinajstić information content (AvgIpc) is 2.66. The van der Waals surface area contributed by atoms with E-state index in [-0.39, 0.29) is 0 Å². The molecule has 0 spiro atoms. The molecular formula is C23H21NO2. The highest BCUT2D eigenvalue weighted by molar-refractivity contribution is 5.91. The van der Waals surface area contributed by atoms with Crippen molar-refractivity contribution in [2.75, 3.05) is 0 Å². The molecule has 26 heavy (non-hydrogen) atoms. The molecule has 0 saturated carbocycles. The SMILES string of the molecule is Cc1ccc(N=C(C=COc2ccccc2)Oc2ccccc2)cc1C. The topological polar surface area (TPSA) is 30.8 Å². The maximum absolute atomic E-state index is 5.91. The predicted octanol–water partition coefficient (Wildman–Crippen LogP) is 6.01. The molecule has 0 aromatic heterocycles. The first-order valence-electron chi connectivity index (χ1n) is 8.48. The van der Waals surface area contributed by atoms with Crippen molar-refractivity contribution in [3.8, 4) is 11.5 Å². The molecule has 0 aliphatic carbocycles. The van der Waals surface area contributed by atoms with E-state index in [0.29, 0.717) is 5.90 Å². The Hall–Kier alpha value is -3.33. The molecule has 0 amide bonds. The van der Waals surface area contributed by atoms with E-state index >= 15 is 0 Å². The van der Waals surface area contributed by atoms with Gasteiger partial charge in [0.2, 0.25) is 5.90 Å². The van der Waals surface area contributed by atoms with Crippen molar-refractivity contribution in [2.45, 2.75) is 13.8 Å². The fourth-order valence-corrected chi connectivity index (χ4v) is 2.30. The number of ether oxygens (including phenoxy) is 2. The Bertz CT molecular complexity index is 900. The molecule has 0 N–H and O–H groups in total. The number of para-hydroxylation sites is 2. The zero-order valence-corrected chi connectivity index (χ0v) is 14.9. The fourth-order valence-electron chi connectivity index (χ4n) is 2.30. The van der Waals surface area contributed by atoms with Crippen molar-refractivity contribution in [1.29, 1.82) is 0 Å². The van der Waals surface area contributed by atoms with Gasteiger partial charge in [-0.1, -0.05) is 42.5 Å². The average molecular weight is 343 g/mol. The Morgan fingerprint density at radius 3 is 2.08 bits per heavy atom. The van der Waals surface area contributed by atoms with Gasteiger partial charge in [0.05, 0.1) is 11.9 Å². The van der Waals surface area contributed by atoms with Crippen LogP contribution < -0.4 is 9.47 Å². The largest absolute Gasteiger partial charge is 0.465 e. The molecular weight excluding hydrogens is 322 g/mol. The molecule has 0 fully saturated rings. The van der Waals surface area contributed by atoms with E-state index in [9.17, 15) is 0 Å². The lowest BCUT2D eigenvalue weighted by atomic mass is 10.1. The first-order valence-corrected chi connectivity index (χ1v) is 8.48. The molecule has 0 bridgehead atoms. The predicted molar refractivity (Wildman–Crippen MR) is 106 cm³/mol. The second-order valence-electron chi connectivity index (χ2n) is 5.87. The second kappa shape index (κ2) is 8.67. The van der Waals surface area contributed by atoms with Gasteiger partial charge < -0.3 is 9.47 Å². The van der Waals surface area contributed by atoms with Crippen LogP contribution in [-0.2, 0) is 0 Å². The molecule has 130 valence electrons. The zero-order valence-electron chi connectivity index (χ0n) is 14.9. The van der Waals surface area contributed by atoms with Crippen LogP contribution in [0.1, 0.15) is 11.1 Å². The van der Waals surface area contributed by atoms with Gasteiger partial charge in [-0.15, -0.1) is 0 Å². The Morgan fingerprint density at radius 2 is 1.42 bits per heavy atom. The minimum atomic E-state index is 0.454. The van der Waals surface area contributed by atoms with Crippen molar-refractivity contribution < 1.29 is 9.47 Å². The van der Waals surface area contributed by atoms with E-state index in [1.807, 2.05) is 72.8 Å². The molecule has 3 rings (SSSR count). The standard InChI is InChI=1S/C23H21NO2/c1-18-13-14-20(17-19(18)2)24-23(26-22-11-7-4-8-12-22)15-16-25-21-9-5-3-6-10-21/h3-17H,1-2H3. The molecule has 0 saturated heterocycles. The van der Waals surface area contributed by atoms with Gasteiger partial charge in [0.15, 0.2) is 0 Å². The first kappa shape index (κ1) is 17.5. The number of aryl methyl sites for hydroxylation is 2. The van der Waals surface area contributed by atoms with Crippen LogP contribution in [0.25, 0.3) is 0 Å². The lowest BCUT2D eigenvalue weighted by Gasteiger charge is -2.07. The van der Waals surface area contributed by atoms with Gasteiger partial charge >= 0.3 is 0 Å². The summed E-state index contributed by atoms with van der Waals surface area (Å²) in [5, 5.41) is 0. The number of hydrogen-bond donors (Lipinski definition) is 0. The quantitative estimate of drug-likeness (QED) is 0.323. The molecule has 0 heterocycles. The molecule has 3 aromatic carbocycles. The molecule has 3 heteroatoms. The Kier molecular flexibility index (Phi) is 5.84. The molecule has 0 unspecified atom stereocenters. The van der Waals surface area contributed by atoms with Crippen LogP contribution >= 0.6 is 0 Å². The second-order valence-corrected chi connectivity index (χ2v) is 5.87. The van der Waals surface area contributed by atoms with Gasteiger partial charge in [0.25, 0.3) is 0 Å². The van der Waals surface area contributed by atoms with E-state index in [2.05, 4.69) is 24.9 Å². The molecule has 0 radical (unpaired) electrons. The Labute approximate surface area is 154 Å². The number of rotatable bonds is 5. The first-order chi connectivity index (χ1) is 12.7. The maximum Gasteiger partial charge on any atom is 0.222 e. The summed E-state index contributed by atoms with van der Waals surface area (Å²) in [6.45, 7) is 4.15. The number of benzene rings is 3. The summed E-state index contributed by atoms with van der Waals surface area (Å²) in [6, 6.07) is 25.2. The lowest BCUT2D eigenvalue weighted by Crippen LogP contribution is -2.05. The Morgan fingerprint density at radius 1 is 0.769 bits per heavy atom. The summed E-state index contributed by atoms with van der Waals surface area (Å²) < 4.78 is 11.5. The number of hydrogen-bond acceptors (Lipinski definition) is 3. The van der Waals surface area contributed by atoms with E-state index in [1.54, 1.807) is 12.3 Å². The van der Waals surface area contributed by atoms with Crippen LogP contribution in [0.4, 0.5) is 5.69 Å². The van der Waals surface area contributed by atoms with Gasteiger partial charge in [-0.2, -0.15) is 0 Å². The minimum Gasteiger partial charge on any atom is -0.465 e. The lowest BCUT2D eigenvalue weighted by molar-refractivity contribution is 0.479. The van der Waals surface area contributed by atoms with Crippen LogP contribution in [0.2, 0.25) is 0 Å². The maximum atomic E-state index is 5.91. The zero-order chi connectivity index (χ0) is 18.2. The highest BCUT2D eigenvalue weighted by atomic mass is 16.5. The third-order valence-electron chi connectivity index (χ3n) is 3.85.